The molecule has 5 aromatic rings. The van der Waals surface area contributed by atoms with Crippen LogP contribution in [0.1, 0.15) is 11.1 Å². The van der Waals surface area contributed by atoms with Gasteiger partial charge in [0.25, 0.3) is 5.91 Å². The summed E-state index contributed by atoms with van der Waals surface area (Å²) in [6.45, 7) is 3.83. The number of ether oxygens (including phenoxy) is 1. The normalized spacial score (nSPS) is 10.9. The molecular formula is C27H22N4O3. The van der Waals surface area contributed by atoms with E-state index in [1.807, 2.05) is 62.5 Å². The second-order valence-electron chi connectivity index (χ2n) is 7.94. The van der Waals surface area contributed by atoms with Crippen molar-refractivity contribution in [3.8, 4) is 28.5 Å². The second-order valence-corrected chi connectivity index (χ2v) is 7.94. The molecule has 1 amide bonds. The summed E-state index contributed by atoms with van der Waals surface area (Å²) in [5, 5.41) is 2.79. The lowest BCUT2D eigenvalue weighted by molar-refractivity contribution is -0.118. The third kappa shape index (κ3) is 4.49. The van der Waals surface area contributed by atoms with Crippen molar-refractivity contribution in [2.75, 3.05) is 11.9 Å². The number of rotatable bonds is 6. The second kappa shape index (κ2) is 9.15. The molecule has 0 bridgehead atoms. The summed E-state index contributed by atoms with van der Waals surface area (Å²) in [5.74, 6) is 0.837. The summed E-state index contributed by atoms with van der Waals surface area (Å²) >= 11 is 0. The van der Waals surface area contributed by atoms with Crippen molar-refractivity contribution in [2.45, 2.75) is 13.8 Å². The number of amides is 1. The summed E-state index contributed by atoms with van der Waals surface area (Å²) in [5.41, 5.74) is 6.60. The minimum Gasteiger partial charge on any atom is -0.483 e. The fourth-order valence-corrected chi connectivity index (χ4v) is 3.66. The summed E-state index contributed by atoms with van der Waals surface area (Å²) in [4.78, 5) is 25.5. The predicted octanol–water partition coefficient (Wildman–Crippen LogP) is 5.59. The van der Waals surface area contributed by atoms with E-state index >= 15 is 0 Å². The summed E-state index contributed by atoms with van der Waals surface area (Å²) < 4.78 is 11.6. The van der Waals surface area contributed by atoms with Crippen LogP contribution in [0.5, 0.6) is 5.75 Å². The summed E-state index contributed by atoms with van der Waals surface area (Å²) in [6.07, 6.45) is 5.14. The van der Waals surface area contributed by atoms with E-state index in [0.29, 0.717) is 23.0 Å². The number of benzene rings is 2. The standard InChI is InChI=1S/C27H22N4O3/c1-17-6-3-4-8-24(17)33-16-25(32)30-21-9-10-22(29-15-21)27-31-23-13-20(12-18(2)26(23)34-27)19-7-5-11-28-14-19/h3-15H,16H2,1-2H3,(H,30,32). The molecule has 0 saturated heterocycles. The smallest absolute Gasteiger partial charge is 0.262 e. The number of carbonyl (C=O) groups is 1. The maximum atomic E-state index is 12.3. The number of fused-ring (bicyclic) bond motifs is 1. The molecule has 7 heteroatoms. The van der Waals surface area contributed by atoms with Crippen LogP contribution in [-0.4, -0.2) is 27.5 Å². The highest BCUT2D eigenvalue weighted by atomic mass is 16.5. The van der Waals surface area contributed by atoms with E-state index in [4.69, 9.17) is 9.15 Å². The van der Waals surface area contributed by atoms with Gasteiger partial charge in [-0.15, -0.1) is 0 Å². The van der Waals surface area contributed by atoms with Crippen LogP contribution >= 0.6 is 0 Å². The first kappa shape index (κ1) is 21.3. The van der Waals surface area contributed by atoms with Crippen molar-refractivity contribution in [1.29, 1.82) is 0 Å². The number of aromatic nitrogens is 3. The third-order valence-electron chi connectivity index (χ3n) is 5.39. The third-order valence-corrected chi connectivity index (χ3v) is 5.39. The first-order chi connectivity index (χ1) is 16.6. The van der Waals surface area contributed by atoms with Crippen molar-refractivity contribution >= 4 is 22.7 Å². The molecule has 0 saturated carbocycles. The van der Waals surface area contributed by atoms with Gasteiger partial charge in [-0.1, -0.05) is 24.3 Å². The van der Waals surface area contributed by atoms with Gasteiger partial charge in [-0.3, -0.25) is 9.78 Å². The van der Waals surface area contributed by atoms with E-state index in [-0.39, 0.29) is 12.5 Å². The Hall–Kier alpha value is -4.52. The van der Waals surface area contributed by atoms with Crippen molar-refractivity contribution in [2.24, 2.45) is 0 Å². The minimum atomic E-state index is -0.266. The first-order valence-corrected chi connectivity index (χ1v) is 10.8. The average molecular weight is 450 g/mol. The number of aryl methyl sites for hydroxylation is 2. The Labute approximate surface area is 196 Å². The monoisotopic (exact) mass is 450 g/mol. The molecule has 0 aliphatic heterocycles. The first-order valence-electron chi connectivity index (χ1n) is 10.8. The number of nitrogens with one attached hydrogen (secondary N) is 1. The number of nitrogens with zero attached hydrogens (tertiary/aromatic N) is 3. The number of hydrogen-bond donors (Lipinski definition) is 1. The van der Waals surface area contributed by atoms with Crippen LogP contribution in [0.25, 0.3) is 33.8 Å². The van der Waals surface area contributed by atoms with E-state index in [1.54, 1.807) is 24.5 Å². The molecule has 0 unspecified atom stereocenters. The zero-order valence-electron chi connectivity index (χ0n) is 18.8. The highest BCUT2D eigenvalue weighted by Crippen LogP contribution is 2.30. The van der Waals surface area contributed by atoms with Gasteiger partial charge in [0.15, 0.2) is 12.2 Å². The fourth-order valence-electron chi connectivity index (χ4n) is 3.66. The molecule has 0 spiro atoms. The molecule has 3 heterocycles. The van der Waals surface area contributed by atoms with Crippen LogP contribution in [0.3, 0.4) is 0 Å². The van der Waals surface area contributed by atoms with Crippen LogP contribution in [-0.2, 0) is 4.79 Å². The van der Waals surface area contributed by atoms with Crippen LogP contribution < -0.4 is 10.1 Å². The highest BCUT2D eigenvalue weighted by Gasteiger charge is 2.14. The largest absolute Gasteiger partial charge is 0.483 e. The van der Waals surface area contributed by atoms with Crippen molar-refractivity contribution in [3.05, 3.63) is 90.4 Å². The minimum absolute atomic E-state index is 0.0870. The van der Waals surface area contributed by atoms with Gasteiger partial charge < -0.3 is 14.5 Å². The van der Waals surface area contributed by atoms with E-state index < -0.39 is 0 Å². The van der Waals surface area contributed by atoms with Crippen LogP contribution in [0.15, 0.2) is 83.7 Å². The molecule has 7 nitrogen and oxygen atoms in total. The van der Waals surface area contributed by atoms with Crippen LogP contribution in [0.2, 0.25) is 0 Å². The summed E-state index contributed by atoms with van der Waals surface area (Å²) in [6, 6.07) is 19.0. The number of hydrogen-bond acceptors (Lipinski definition) is 6. The van der Waals surface area contributed by atoms with E-state index in [1.165, 1.54) is 0 Å². The number of anilines is 1. The molecule has 0 aliphatic rings. The topological polar surface area (TPSA) is 90.1 Å². The Morgan fingerprint density at radius 1 is 0.971 bits per heavy atom. The Balaban J connectivity index is 1.30. The lowest BCUT2D eigenvalue weighted by Crippen LogP contribution is -2.20. The van der Waals surface area contributed by atoms with E-state index in [0.717, 1.165) is 33.4 Å². The Kier molecular flexibility index (Phi) is 5.74. The maximum absolute atomic E-state index is 12.3. The molecule has 0 radical (unpaired) electrons. The van der Waals surface area contributed by atoms with Crippen molar-refractivity contribution in [1.82, 2.24) is 15.0 Å². The number of pyridine rings is 2. The molecular weight excluding hydrogens is 428 g/mol. The van der Waals surface area contributed by atoms with E-state index in [2.05, 4.69) is 26.3 Å². The summed E-state index contributed by atoms with van der Waals surface area (Å²) in [7, 11) is 0. The van der Waals surface area contributed by atoms with Crippen LogP contribution in [0, 0.1) is 13.8 Å². The Morgan fingerprint density at radius 3 is 2.62 bits per heavy atom. The molecule has 34 heavy (non-hydrogen) atoms. The molecule has 2 aromatic carbocycles. The zero-order valence-corrected chi connectivity index (χ0v) is 18.8. The Bertz CT molecular complexity index is 1460. The highest BCUT2D eigenvalue weighted by molar-refractivity contribution is 5.92. The molecule has 1 N–H and O–H groups in total. The number of para-hydroxylation sites is 1. The molecule has 0 atom stereocenters. The van der Waals surface area contributed by atoms with Gasteiger partial charge in [-0.25, -0.2) is 9.97 Å². The van der Waals surface area contributed by atoms with Gasteiger partial charge >= 0.3 is 0 Å². The fraction of sp³-hybridized carbons (Fsp3) is 0.111. The van der Waals surface area contributed by atoms with Crippen molar-refractivity contribution in [3.63, 3.8) is 0 Å². The maximum Gasteiger partial charge on any atom is 0.262 e. The number of carbonyl (C=O) groups excluding carboxylic acids is 1. The Morgan fingerprint density at radius 2 is 1.85 bits per heavy atom. The lowest BCUT2D eigenvalue weighted by atomic mass is 10.0. The number of oxazole rings is 1. The van der Waals surface area contributed by atoms with Crippen molar-refractivity contribution < 1.29 is 13.9 Å². The molecule has 168 valence electrons. The van der Waals surface area contributed by atoms with Gasteiger partial charge in [-0.2, -0.15) is 0 Å². The average Bonchev–Trinajstić information content (AvgIpc) is 3.29. The lowest BCUT2D eigenvalue weighted by Gasteiger charge is -2.09. The molecule has 5 rings (SSSR count). The van der Waals surface area contributed by atoms with Gasteiger partial charge in [0.1, 0.15) is 17.0 Å². The van der Waals surface area contributed by atoms with Gasteiger partial charge in [0.2, 0.25) is 5.89 Å². The van der Waals surface area contributed by atoms with Gasteiger partial charge in [0.05, 0.1) is 11.9 Å². The van der Waals surface area contributed by atoms with Crippen LogP contribution in [0.4, 0.5) is 5.69 Å². The van der Waals surface area contributed by atoms with Gasteiger partial charge in [-0.05, 0) is 66.9 Å². The molecule has 0 aliphatic carbocycles. The quantitative estimate of drug-likeness (QED) is 0.363. The SMILES string of the molecule is Cc1ccccc1OCC(=O)Nc1ccc(-c2nc3cc(-c4cccnc4)cc(C)c3o2)nc1. The molecule has 3 aromatic heterocycles. The zero-order chi connectivity index (χ0) is 23.5. The van der Waals surface area contributed by atoms with E-state index in [9.17, 15) is 4.79 Å². The van der Waals surface area contributed by atoms with Gasteiger partial charge in [0, 0.05) is 18.0 Å². The predicted molar refractivity (Wildman–Crippen MR) is 131 cm³/mol. The molecule has 0 fully saturated rings.